The van der Waals surface area contributed by atoms with Gasteiger partial charge in [0.2, 0.25) is 0 Å². The van der Waals surface area contributed by atoms with Crippen LogP contribution < -0.4 is 9.80 Å². The minimum atomic E-state index is 0.977. The van der Waals surface area contributed by atoms with Crippen molar-refractivity contribution >= 4 is 65.3 Å². The molecule has 0 N–H and O–H groups in total. The average molecular weight is 729 g/mol. The van der Waals surface area contributed by atoms with Crippen molar-refractivity contribution in [3.8, 4) is 11.1 Å². The van der Waals surface area contributed by atoms with Gasteiger partial charge in [0.15, 0.2) is 0 Å². The summed E-state index contributed by atoms with van der Waals surface area (Å²) in [5, 5.41) is 2.50. The first kappa shape index (κ1) is 35.6. The number of aryl methyl sites for hydroxylation is 1. The van der Waals surface area contributed by atoms with Crippen LogP contribution in [0, 0.1) is 0 Å². The molecule has 55 heavy (non-hydrogen) atoms. The number of anilines is 3. The Labute approximate surface area is 329 Å². The Morgan fingerprint density at radius 2 is 1.47 bits per heavy atom. The van der Waals surface area contributed by atoms with E-state index < -0.39 is 0 Å². The molecule has 2 nitrogen and oxygen atoms in total. The maximum absolute atomic E-state index is 4.69. The van der Waals surface area contributed by atoms with E-state index >= 15 is 0 Å². The van der Waals surface area contributed by atoms with Crippen molar-refractivity contribution in [1.82, 2.24) is 0 Å². The first-order valence-corrected chi connectivity index (χ1v) is 19.7. The zero-order chi connectivity index (χ0) is 37.9. The van der Waals surface area contributed by atoms with E-state index in [0.717, 1.165) is 57.9 Å². The summed E-state index contributed by atoms with van der Waals surface area (Å²) in [5.74, 6) is 0. The second kappa shape index (κ2) is 15.5. The minimum Gasteiger partial charge on any atom is -0.317 e. The van der Waals surface area contributed by atoms with Crippen LogP contribution in [0.3, 0.4) is 0 Å². The molecule has 0 unspecified atom stereocenters. The van der Waals surface area contributed by atoms with Crippen molar-refractivity contribution in [1.29, 1.82) is 0 Å². The predicted octanol–water partition coefficient (Wildman–Crippen LogP) is 15.0. The summed E-state index contributed by atoms with van der Waals surface area (Å²) in [7, 11) is 0. The van der Waals surface area contributed by atoms with Crippen molar-refractivity contribution < 1.29 is 0 Å². The Hall–Kier alpha value is -6.42. The zero-order valence-corrected chi connectivity index (χ0v) is 32.3. The highest BCUT2D eigenvalue weighted by atomic mass is 32.1. The van der Waals surface area contributed by atoms with Gasteiger partial charge < -0.3 is 9.80 Å². The fourth-order valence-corrected chi connectivity index (χ4v) is 8.89. The van der Waals surface area contributed by atoms with Gasteiger partial charge in [-0.15, -0.1) is 11.3 Å². The lowest BCUT2D eigenvalue weighted by atomic mass is 9.92. The van der Waals surface area contributed by atoms with Crippen LogP contribution in [0.5, 0.6) is 0 Å². The number of nitrogens with zero attached hydrogens (tertiary/aromatic N) is 2. The summed E-state index contributed by atoms with van der Waals surface area (Å²) in [5.41, 5.74) is 14.4. The third-order valence-corrected chi connectivity index (χ3v) is 11.5. The lowest BCUT2D eigenvalue weighted by molar-refractivity contribution is 0.919. The van der Waals surface area contributed by atoms with Crippen molar-refractivity contribution in [2.24, 2.45) is 0 Å². The van der Waals surface area contributed by atoms with Gasteiger partial charge in [-0.05, 0) is 119 Å². The molecule has 0 aliphatic carbocycles. The van der Waals surface area contributed by atoms with Crippen molar-refractivity contribution in [3.05, 3.63) is 218 Å². The topological polar surface area (TPSA) is 6.48 Å². The van der Waals surface area contributed by atoms with Crippen LogP contribution in [0.1, 0.15) is 42.5 Å². The lowest BCUT2D eigenvalue weighted by Crippen LogP contribution is -2.16. The van der Waals surface area contributed by atoms with E-state index in [4.69, 9.17) is 6.58 Å². The maximum Gasteiger partial charge on any atom is 0.0548 e. The maximum atomic E-state index is 4.69. The van der Waals surface area contributed by atoms with Crippen LogP contribution >= 0.6 is 11.3 Å². The molecule has 2 aliphatic rings. The van der Waals surface area contributed by atoms with E-state index in [-0.39, 0.29) is 0 Å². The standard InChI is InChI=1S/C52H44N2S/c1-6-17-39-25-26-40(34-46(39)38(5)33-43(18-7-2)54-32-15-13-19-36(3)44-23-11-12-24-48(44)54)41-27-30-50-47(35-41)45-28-29-49-51(52(45)55-50)37(4)20-14-16-31-53(49)42-21-9-8-10-22-42/h7-16,18-35H,3-6,17H2,1-2H3/b18-7-,19-13-,20-14-,31-16-,32-15-,43-33+. The van der Waals surface area contributed by atoms with Crippen LogP contribution in [-0.2, 0) is 6.42 Å². The average Bonchev–Trinajstić information content (AvgIpc) is 3.57. The number of hydrogen-bond acceptors (Lipinski definition) is 3. The quantitative estimate of drug-likeness (QED) is 0.144. The van der Waals surface area contributed by atoms with E-state index in [0.29, 0.717) is 0 Å². The van der Waals surface area contributed by atoms with Crippen molar-refractivity contribution in [3.63, 3.8) is 0 Å². The van der Waals surface area contributed by atoms with Gasteiger partial charge in [0.25, 0.3) is 0 Å². The van der Waals surface area contributed by atoms with Crippen molar-refractivity contribution in [2.75, 3.05) is 9.80 Å². The predicted molar refractivity (Wildman–Crippen MR) is 243 cm³/mol. The first-order chi connectivity index (χ1) is 26.9. The van der Waals surface area contributed by atoms with Gasteiger partial charge in [-0.1, -0.05) is 124 Å². The first-order valence-electron chi connectivity index (χ1n) is 18.9. The highest BCUT2D eigenvalue weighted by Gasteiger charge is 2.21. The van der Waals surface area contributed by atoms with E-state index in [9.17, 15) is 0 Å². The number of benzene rings is 5. The normalized spacial score (nSPS) is 16.7. The lowest BCUT2D eigenvalue weighted by Gasteiger charge is -2.26. The van der Waals surface area contributed by atoms with Gasteiger partial charge in [0.1, 0.15) is 0 Å². The van der Waals surface area contributed by atoms with Crippen LogP contribution in [0.25, 0.3) is 48.0 Å². The number of fused-ring (bicyclic) bond motifs is 6. The molecule has 5 aromatic carbocycles. The Balaban J connectivity index is 1.21. The van der Waals surface area contributed by atoms with Gasteiger partial charge in [0, 0.05) is 55.1 Å². The molecule has 0 spiro atoms. The van der Waals surface area contributed by atoms with Gasteiger partial charge in [-0.2, -0.15) is 0 Å². The molecule has 6 aromatic rings. The van der Waals surface area contributed by atoms with E-state index in [1.807, 2.05) is 17.4 Å². The van der Waals surface area contributed by atoms with Crippen LogP contribution in [0.4, 0.5) is 17.1 Å². The number of hydrogen-bond donors (Lipinski definition) is 0. The fraction of sp³-hybridized carbons (Fsp3) is 0.0769. The van der Waals surface area contributed by atoms with Crippen LogP contribution in [0.15, 0.2) is 196 Å². The molecule has 3 heterocycles. The Kier molecular flexibility index (Phi) is 10.0. The highest BCUT2D eigenvalue weighted by molar-refractivity contribution is 7.26. The summed E-state index contributed by atoms with van der Waals surface area (Å²) >= 11 is 1.84. The summed E-state index contributed by atoms with van der Waals surface area (Å²) in [6.07, 6.45) is 25.2. The smallest absolute Gasteiger partial charge is 0.0548 e. The van der Waals surface area contributed by atoms with E-state index in [1.54, 1.807) is 0 Å². The van der Waals surface area contributed by atoms with Crippen LogP contribution in [0.2, 0.25) is 0 Å². The SMILES string of the molecule is C=C(/C=C(\C=C/C)N1/C=C\C=C/C(=C)c2ccccc21)c1cc(-c2ccc3sc4c5c(ccc4c3c2)N(c2ccccc2)/C=C\C=C/C5=C)ccc1CCC. The van der Waals surface area contributed by atoms with E-state index in [2.05, 4.69) is 201 Å². The molecule has 0 radical (unpaired) electrons. The second-order valence-electron chi connectivity index (χ2n) is 13.9. The largest absolute Gasteiger partial charge is 0.317 e. The molecule has 0 amide bonds. The molecule has 0 saturated heterocycles. The Morgan fingerprint density at radius 1 is 0.727 bits per heavy atom. The number of para-hydroxylation sites is 2. The van der Waals surface area contributed by atoms with Gasteiger partial charge in [-0.25, -0.2) is 0 Å². The Morgan fingerprint density at radius 3 is 2.29 bits per heavy atom. The summed E-state index contributed by atoms with van der Waals surface area (Å²) in [6, 6.07) is 37.3. The van der Waals surface area contributed by atoms with Crippen molar-refractivity contribution in [2.45, 2.75) is 26.7 Å². The van der Waals surface area contributed by atoms with Gasteiger partial charge in [0.05, 0.1) is 11.4 Å². The molecular formula is C52H44N2S. The minimum absolute atomic E-state index is 0.977. The fourth-order valence-electron chi connectivity index (χ4n) is 7.63. The molecule has 0 saturated carbocycles. The number of thiophene rings is 1. The number of allylic oxidation sites excluding steroid dienone is 12. The molecular weight excluding hydrogens is 685 g/mol. The van der Waals surface area contributed by atoms with Gasteiger partial charge in [-0.3, -0.25) is 0 Å². The molecule has 2 aliphatic heterocycles. The molecule has 0 fully saturated rings. The molecule has 0 atom stereocenters. The monoisotopic (exact) mass is 728 g/mol. The molecule has 1 aromatic heterocycles. The highest BCUT2D eigenvalue weighted by Crippen LogP contribution is 2.46. The molecule has 8 rings (SSSR count). The number of rotatable bonds is 8. The zero-order valence-electron chi connectivity index (χ0n) is 31.5. The molecule has 0 bridgehead atoms. The van der Waals surface area contributed by atoms with Crippen LogP contribution in [-0.4, -0.2) is 0 Å². The van der Waals surface area contributed by atoms with E-state index in [1.165, 1.54) is 48.0 Å². The summed E-state index contributed by atoms with van der Waals surface area (Å²) in [6.45, 7) is 17.9. The summed E-state index contributed by atoms with van der Waals surface area (Å²) < 4.78 is 2.52. The molecule has 268 valence electrons. The molecule has 3 heteroatoms. The third kappa shape index (κ3) is 6.91. The Bertz CT molecular complexity index is 2670. The third-order valence-electron chi connectivity index (χ3n) is 10.3. The van der Waals surface area contributed by atoms with Gasteiger partial charge >= 0.3 is 0 Å². The second-order valence-corrected chi connectivity index (χ2v) is 15.0. The summed E-state index contributed by atoms with van der Waals surface area (Å²) in [4.78, 5) is 4.50.